The van der Waals surface area contributed by atoms with Gasteiger partial charge in [0.25, 0.3) is 0 Å². The van der Waals surface area contributed by atoms with Crippen LogP contribution in [-0.2, 0) is 9.47 Å². The third kappa shape index (κ3) is 6.39. The number of hydrogen-bond donors (Lipinski definition) is 0. The van der Waals surface area contributed by atoms with Crippen LogP contribution in [0.2, 0.25) is 0 Å². The van der Waals surface area contributed by atoms with Gasteiger partial charge in [-0.3, -0.25) is 0 Å². The maximum absolute atomic E-state index is 11.9. The summed E-state index contributed by atoms with van der Waals surface area (Å²) >= 11 is 5.16. The molecule has 0 saturated heterocycles. The van der Waals surface area contributed by atoms with Crippen molar-refractivity contribution in [1.82, 2.24) is 0 Å². The van der Waals surface area contributed by atoms with Crippen molar-refractivity contribution in [3.63, 3.8) is 0 Å². The molecule has 0 aliphatic carbocycles. The number of halogens is 7. The molecule has 2 nitrogen and oxygen atoms in total. The Kier molecular flexibility index (Phi) is 6.42. The Labute approximate surface area is 92.5 Å². The first kappa shape index (κ1) is 15.8. The first-order valence-corrected chi connectivity index (χ1v) is 4.61. The normalized spacial score (nSPS) is 13.5. The highest BCUT2D eigenvalue weighted by Gasteiger charge is 2.57. The van der Waals surface area contributed by atoms with E-state index in [1.807, 2.05) is 0 Å². The van der Waals surface area contributed by atoms with Gasteiger partial charge in [-0.2, -0.15) is 26.3 Å². The van der Waals surface area contributed by atoms with E-state index in [4.69, 9.17) is 11.6 Å². The minimum absolute atomic E-state index is 0.0353. The van der Waals surface area contributed by atoms with E-state index in [2.05, 4.69) is 9.47 Å². The molecule has 0 N–H and O–H groups in total. The lowest BCUT2D eigenvalue weighted by Crippen LogP contribution is -2.44. The third-order valence-corrected chi connectivity index (χ3v) is 1.48. The monoisotopic (exact) mass is 274 g/mol. The first-order valence-electron chi connectivity index (χ1n) is 4.08. The van der Waals surface area contributed by atoms with E-state index in [0.717, 1.165) is 0 Å². The molecule has 0 aliphatic heterocycles. The van der Waals surface area contributed by atoms with Gasteiger partial charge in [-0.05, 0) is 0 Å². The number of alkyl halides is 7. The molecule has 0 heterocycles. The lowest BCUT2D eigenvalue weighted by molar-refractivity contribution is -0.322. The molecule has 9 heteroatoms. The Balaban J connectivity index is 4.06. The predicted octanol–water partition coefficient (Wildman–Crippen LogP) is 2.75. The van der Waals surface area contributed by atoms with Gasteiger partial charge in [-0.1, -0.05) is 0 Å². The van der Waals surface area contributed by atoms with Gasteiger partial charge in [0.2, 0.25) is 6.10 Å². The van der Waals surface area contributed by atoms with Crippen molar-refractivity contribution in [2.24, 2.45) is 0 Å². The molecule has 0 spiro atoms. The molecule has 0 fully saturated rings. The average Bonchev–Trinajstić information content (AvgIpc) is 2.06. The molecule has 16 heavy (non-hydrogen) atoms. The van der Waals surface area contributed by atoms with Crippen LogP contribution in [0, 0.1) is 0 Å². The van der Waals surface area contributed by atoms with Gasteiger partial charge in [0, 0.05) is 5.88 Å². The topological polar surface area (TPSA) is 18.5 Å². The van der Waals surface area contributed by atoms with Crippen LogP contribution in [0.3, 0.4) is 0 Å². The smallest absolute Gasteiger partial charge is 0.378 e. The number of ether oxygens (including phenoxy) is 2. The molecule has 0 saturated carbocycles. The van der Waals surface area contributed by atoms with Crippen molar-refractivity contribution in [3.05, 3.63) is 0 Å². The molecule has 98 valence electrons. The summed E-state index contributed by atoms with van der Waals surface area (Å²) < 4.78 is 79.6. The Morgan fingerprint density at radius 1 is 0.875 bits per heavy atom. The Morgan fingerprint density at radius 3 is 1.75 bits per heavy atom. The summed E-state index contributed by atoms with van der Waals surface area (Å²) in [4.78, 5) is 0. The molecular formula is C7H9ClF6O2. The largest absolute Gasteiger partial charge is 0.423 e. The van der Waals surface area contributed by atoms with Crippen LogP contribution in [0.15, 0.2) is 0 Å². The highest BCUT2D eigenvalue weighted by molar-refractivity contribution is 6.17. The van der Waals surface area contributed by atoms with Gasteiger partial charge in [0.05, 0.1) is 19.8 Å². The zero-order valence-electron chi connectivity index (χ0n) is 7.87. The molecule has 0 rings (SSSR count). The fraction of sp³-hybridized carbons (Fsp3) is 1.00. The van der Waals surface area contributed by atoms with E-state index in [1.165, 1.54) is 0 Å². The van der Waals surface area contributed by atoms with Gasteiger partial charge in [-0.15, -0.1) is 11.6 Å². The van der Waals surface area contributed by atoms with Crippen LogP contribution in [0.4, 0.5) is 26.3 Å². The van der Waals surface area contributed by atoms with Crippen LogP contribution < -0.4 is 0 Å². The molecule has 0 unspecified atom stereocenters. The van der Waals surface area contributed by atoms with Crippen molar-refractivity contribution in [2.45, 2.75) is 18.5 Å². The van der Waals surface area contributed by atoms with Crippen molar-refractivity contribution in [1.29, 1.82) is 0 Å². The predicted molar refractivity (Wildman–Crippen MR) is 43.4 cm³/mol. The SMILES string of the molecule is FC(F)(F)C(OCCOCCCl)C(F)(F)F. The van der Waals surface area contributed by atoms with Gasteiger partial charge < -0.3 is 9.47 Å². The zero-order chi connectivity index (χ0) is 12.8. The van der Waals surface area contributed by atoms with Gasteiger partial charge in [-0.25, -0.2) is 0 Å². The van der Waals surface area contributed by atoms with E-state index < -0.39 is 25.1 Å². The zero-order valence-corrected chi connectivity index (χ0v) is 8.62. The van der Waals surface area contributed by atoms with Crippen molar-refractivity contribution < 1.29 is 35.8 Å². The lowest BCUT2D eigenvalue weighted by Gasteiger charge is -2.22. The van der Waals surface area contributed by atoms with E-state index in [1.54, 1.807) is 0 Å². The summed E-state index contributed by atoms with van der Waals surface area (Å²) in [6, 6.07) is 0. The second-order valence-electron chi connectivity index (χ2n) is 2.64. The second-order valence-corrected chi connectivity index (χ2v) is 3.01. The molecular weight excluding hydrogens is 266 g/mol. The van der Waals surface area contributed by atoms with Gasteiger partial charge in [0.1, 0.15) is 0 Å². The number of rotatable bonds is 6. The average molecular weight is 275 g/mol. The second kappa shape index (κ2) is 6.51. The molecule has 0 bridgehead atoms. The highest BCUT2D eigenvalue weighted by Crippen LogP contribution is 2.35. The van der Waals surface area contributed by atoms with E-state index in [0.29, 0.717) is 0 Å². The van der Waals surface area contributed by atoms with Gasteiger partial charge >= 0.3 is 12.4 Å². The fourth-order valence-corrected chi connectivity index (χ4v) is 0.865. The number of hydrogen-bond acceptors (Lipinski definition) is 2. The summed E-state index contributed by atoms with van der Waals surface area (Å²) in [6.07, 6.45) is -14.7. The standard InChI is InChI=1S/C7H9ClF6O2/c8-1-2-15-3-4-16-5(6(9,10)11)7(12,13)14/h5H,1-4H2. The quantitative estimate of drug-likeness (QED) is 0.421. The summed E-state index contributed by atoms with van der Waals surface area (Å²) in [5.41, 5.74) is 0. The maximum Gasteiger partial charge on any atom is 0.423 e. The molecule has 0 aliphatic rings. The lowest BCUT2D eigenvalue weighted by atomic mass is 10.3. The van der Waals surface area contributed by atoms with Crippen LogP contribution in [0.1, 0.15) is 0 Å². The molecule has 0 aromatic rings. The minimum atomic E-state index is -5.48. The molecule has 0 radical (unpaired) electrons. The molecule has 0 amide bonds. The van der Waals surface area contributed by atoms with Crippen LogP contribution in [-0.4, -0.2) is 44.2 Å². The van der Waals surface area contributed by atoms with Crippen LogP contribution in [0.5, 0.6) is 0 Å². The maximum atomic E-state index is 11.9. The summed E-state index contributed by atoms with van der Waals surface area (Å²) in [7, 11) is 0. The Bertz CT molecular complexity index is 178. The third-order valence-electron chi connectivity index (χ3n) is 1.33. The molecule has 0 aromatic heterocycles. The molecule has 0 aromatic carbocycles. The Morgan fingerprint density at radius 2 is 1.38 bits per heavy atom. The van der Waals surface area contributed by atoms with Crippen molar-refractivity contribution in [2.75, 3.05) is 25.7 Å². The van der Waals surface area contributed by atoms with Crippen LogP contribution in [0.25, 0.3) is 0 Å². The minimum Gasteiger partial charge on any atom is -0.378 e. The van der Waals surface area contributed by atoms with E-state index in [9.17, 15) is 26.3 Å². The summed E-state index contributed by atoms with van der Waals surface area (Å²) in [5, 5.41) is 0. The van der Waals surface area contributed by atoms with Crippen LogP contribution >= 0.6 is 11.6 Å². The van der Waals surface area contributed by atoms with E-state index >= 15 is 0 Å². The molecule has 0 atom stereocenters. The highest BCUT2D eigenvalue weighted by atomic mass is 35.5. The van der Waals surface area contributed by atoms with Crippen molar-refractivity contribution in [3.8, 4) is 0 Å². The summed E-state index contributed by atoms with van der Waals surface area (Å²) in [6.45, 7) is -1.15. The first-order chi connectivity index (χ1) is 7.19. The van der Waals surface area contributed by atoms with Crippen molar-refractivity contribution >= 4 is 11.6 Å². The fourth-order valence-electron chi connectivity index (χ4n) is 0.756. The van der Waals surface area contributed by atoms with E-state index in [-0.39, 0.29) is 19.1 Å². The Hall–Kier alpha value is -0.210. The summed E-state index contributed by atoms with van der Waals surface area (Å²) in [5.74, 6) is 0.0992. The van der Waals surface area contributed by atoms with Gasteiger partial charge in [0.15, 0.2) is 0 Å².